The van der Waals surface area contributed by atoms with Crippen LogP contribution >= 0.6 is 0 Å². The highest BCUT2D eigenvalue weighted by atomic mass is 19.2. The predicted molar refractivity (Wildman–Crippen MR) is 83.3 cm³/mol. The van der Waals surface area contributed by atoms with Crippen molar-refractivity contribution in [3.8, 4) is 0 Å². The van der Waals surface area contributed by atoms with Crippen molar-refractivity contribution in [3.63, 3.8) is 0 Å². The van der Waals surface area contributed by atoms with Gasteiger partial charge in [-0.1, -0.05) is 0 Å². The zero-order chi connectivity index (χ0) is 18.0. The van der Waals surface area contributed by atoms with E-state index in [1.165, 1.54) is 4.90 Å². The summed E-state index contributed by atoms with van der Waals surface area (Å²) in [6.07, 6.45) is 3.73. The Hall–Kier alpha value is -2.77. The molecule has 3 rings (SSSR count). The number of hydrogen-bond donors (Lipinski definition) is 1. The first-order valence-electron chi connectivity index (χ1n) is 7.79. The third-order valence-electron chi connectivity index (χ3n) is 4.20. The third-order valence-corrected chi connectivity index (χ3v) is 4.20. The fourth-order valence-corrected chi connectivity index (χ4v) is 2.78. The molecule has 1 aromatic carbocycles. The van der Waals surface area contributed by atoms with Crippen LogP contribution in [0.4, 0.5) is 13.2 Å². The molecule has 0 radical (unpaired) electrons. The maximum Gasteiger partial charge on any atom is 0.257 e. The van der Waals surface area contributed by atoms with Crippen molar-refractivity contribution in [3.05, 3.63) is 59.2 Å². The van der Waals surface area contributed by atoms with Gasteiger partial charge in [0.15, 0.2) is 17.5 Å². The molecule has 132 valence electrons. The number of hydrogen-bond acceptors (Lipinski definition) is 2. The standard InChI is InChI=1S/C17H16F3N3O2/c18-13-2-1-12(15(19)16(13)20)17(25)23-7-5-22(6-8-23)14(24)9-11-3-4-21-10-11/h1-4,10,21H,5-9H2. The molecule has 0 atom stereocenters. The van der Waals surface area contributed by atoms with Gasteiger partial charge in [-0.15, -0.1) is 0 Å². The molecule has 2 amide bonds. The molecule has 1 fully saturated rings. The normalized spacial score (nSPS) is 14.7. The van der Waals surface area contributed by atoms with Crippen molar-refractivity contribution in [2.45, 2.75) is 6.42 Å². The van der Waals surface area contributed by atoms with Gasteiger partial charge in [0.2, 0.25) is 5.91 Å². The van der Waals surface area contributed by atoms with Gasteiger partial charge in [0.1, 0.15) is 0 Å². The Bertz CT molecular complexity index is 785. The molecule has 0 spiro atoms. The van der Waals surface area contributed by atoms with Gasteiger partial charge in [0.25, 0.3) is 5.91 Å². The van der Waals surface area contributed by atoms with E-state index in [0.29, 0.717) is 13.1 Å². The van der Waals surface area contributed by atoms with Crippen molar-refractivity contribution < 1.29 is 22.8 Å². The van der Waals surface area contributed by atoms with Gasteiger partial charge in [-0.2, -0.15) is 0 Å². The van der Waals surface area contributed by atoms with Crippen LogP contribution in [0.25, 0.3) is 0 Å². The number of halogens is 3. The molecule has 25 heavy (non-hydrogen) atoms. The third kappa shape index (κ3) is 3.52. The number of aromatic nitrogens is 1. The minimum absolute atomic E-state index is 0.0642. The topological polar surface area (TPSA) is 56.4 Å². The number of aromatic amines is 1. The van der Waals surface area contributed by atoms with E-state index in [0.717, 1.165) is 17.7 Å². The molecular formula is C17H16F3N3O2. The fourth-order valence-electron chi connectivity index (χ4n) is 2.78. The van der Waals surface area contributed by atoms with E-state index in [4.69, 9.17) is 0 Å². The van der Waals surface area contributed by atoms with Crippen LogP contribution in [-0.2, 0) is 11.2 Å². The van der Waals surface area contributed by atoms with Crippen LogP contribution in [0.2, 0.25) is 0 Å². The van der Waals surface area contributed by atoms with Crippen molar-refractivity contribution in [2.75, 3.05) is 26.2 Å². The summed E-state index contributed by atoms with van der Waals surface area (Å²) >= 11 is 0. The number of benzene rings is 1. The van der Waals surface area contributed by atoms with Gasteiger partial charge in [0.05, 0.1) is 12.0 Å². The highest BCUT2D eigenvalue weighted by Gasteiger charge is 2.27. The van der Waals surface area contributed by atoms with Crippen molar-refractivity contribution in [2.24, 2.45) is 0 Å². The SMILES string of the molecule is O=C(Cc1cc[nH]c1)N1CCN(C(=O)c2ccc(F)c(F)c2F)CC1. The minimum atomic E-state index is -1.66. The highest BCUT2D eigenvalue weighted by Crippen LogP contribution is 2.18. The van der Waals surface area contributed by atoms with Crippen LogP contribution in [-0.4, -0.2) is 52.8 Å². The Morgan fingerprint density at radius 2 is 1.64 bits per heavy atom. The van der Waals surface area contributed by atoms with E-state index in [-0.39, 0.29) is 25.4 Å². The van der Waals surface area contributed by atoms with Crippen LogP contribution in [0.5, 0.6) is 0 Å². The van der Waals surface area contributed by atoms with Crippen LogP contribution in [0.3, 0.4) is 0 Å². The van der Waals surface area contributed by atoms with E-state index in [1.54, 1.807) is 17.3 Å². The molecule has 1 aliphatic rings. The molecule has 1 N–H and O–H groups in total. The molecule has 0 saturated carbocycles. The summed E-state index contributed by atoms with van der Waals surface area (Å²) in [4.78, 5) is 30.3. The van der Waals surface area contributed by atoms with Crippen molar-refractivity contribution in [1.29, 1.82) is 0 Å². The molecule has 1 aliphatic heterocycles. The molecule has 5 nitrogen and oxygen atoms in total. The van der Waals surface area contributed by atoms with Crippen LogP contribution < -0.4 is 0 Å². The Morgan fingerprint density at radius 3 is 2.28 bits per heavy atom. The average Bonchev–Trinajstić information content (AvgIpc) is 3.12. The second-order valence-electron chi connectivity index (χ2n) is 5.79. The van der Waals surface area contributed by atoms with Gasteiger partial charge in [-0.25, -0.2) is 13.2 Å². The number of piperazine rings is 1. The second kappa shape index (κ2) is 7.00. The average molecular weight is 351 g/mol. The van der Waals surface area contributed by atoms with Gasteiger partial charge >= 0.3 is 0 Å². The van der Waals surface area contributed by atoms with Gasteiger partial charge in [-0.3, -0.25) is 9.59 Å². The molecule has 0 bridgehead atoms. The molecule has 0 aliphatic carbocycles. The summed E-state index contributed by atoms with van der Waals surface area (Å²) in [5, 5.41) is 0. The first kappa shape index (κ1) is 17.1. The number of nitrogens with zero attached hydrogens (tertiary/aromatic N) is 2. The van der Waals surface area contributed by atoms with Gasteiger partial charge in [-0.05, 0) is 23.8 Å². The van der Waals surface area contributed by atoms with Crippen LogP contribution in [0.15, 0.2) is 30.6 Å². The van der Waals surface area contributed by atoms with E-state index in [2.05, 4.69) is 4.98 Å². The van der Waals surface area contributed by atoms with E-state index >= 15 is 0 Å². The molecule has 1 saturated heterocycles. The second-order valence-corrected chi connectivity index (χ2v) is 5.79. The Labute approximate surface area is 142 Å². The van der Waals surface area contributed by atoms with Gasteiger partial charge < -0.3 is 14.8 Å². The van der Waals surface area contributed by atoms with Crippen LogP contribution in [0, 0.1) is 17.5 Å². The fraction of sp³-hybridized carbons (Fsp3) is 0.294. The summed E-state index contributed by atoms with van der Waals surface area (Å²) in [6, 6.07) is 3.46. The largest absolute Gasteiger partial charge is 0.367 e. The minimum Gasteiger partial charge on any atom is -0.367 e. The lowest BCUT2D eigenvalue weighted by Gasteiger charge is -2.35. The van der Waals surface area contributed by atoms with E-state index in [1.807, 2.05) is 6.07 Å². The predicted octanol–water partition coefficient (Wildman–Crippen LogP) is 1.96. The first-order valence-corrected chi connectivity index (χ1v) is 7.79. The number of amides is 2. The summed E-state index contributed by atoms with van der Waals surface area (Å²) in [5.41, 5.74) is 0.360. The van der Waals surface area contributed by atoms with Gasteiger partial charge in [0, 0.05) is 38.6 Å². The smallest absolute Gasteiger partial charge is 0.257 e. The summed E-state index contributed by atoms with van der Waals surface area (Å²) in [5.74, 6) is -5.27. The number of nitrogens with one attached hydrogen (secondary N) is 1. The lowest BCUT2D eigenvalue weighted by Crippen LogP contribution is -2.51. The molecule has 2 heterocycles. The monoisotopic (exact) mass is 351 g/mol. The summed E-state index contributed by atoms with van der Waals surface area (Å²) in [6.45, 7) is 1.02. The Morgan fingerprint density at radius 1 is 0.960 bits per heavy atom. The molecule has 1 aromatic heterocycles. The number of rotatable bonds is 3. The lowest BCUT2D eigenvalue weighted by molar-refractivity contribution is -0.131. The Balaban J connectivity index is 1.61. The summed E-state index contributed by atoms with van der Waals surface area (Å²) in [7, 11) is 0. The molecule has 8 heteroatoms. The lowest BCUT2D eigenvalue weighted by atomic mass is 10.1. The first-order chi connectivity index (χ1) is 12.0. The molecular weight excluding hydrogens is 335 g/mol. The maximum atomic E-state index is 13.8. The molecule has 2 aromatic rings. The maximum absolute atomic E-state index is 13.8. The summed E-state index contributed by atoms with van der Waals surface area (Å²) < 4.78 is 40.0. The van der Waals surface area contributed by atoms with Crippen molar-refractivity contribution in [1.82, 2.24) is 14.8 Å². The Kier molecular flexibility index (Phi) is 4.78. The number of carbonyl (C=O) groups excluding carboxylic acids is 2. The van der Waals surface area contributed by atoms with E-state index in [9.17, 15) is 22.8 Å². The zero-order valence-corrected chi connectivity index (χ0v) is 13.3. The van der Waals surface area contributed by atoms with E-state index < -0.39 is 28.9 Å². The number of carbonyl (C=O) groups is 2. The highest BCUT2D eigenvalue weighted by molar-refractivity contribution is 5.94. The van der Waals surface area contributed by atoms with Crippen molar-refractivity contribution >= 4 is 11.8 Å². The zero-order valence-electron chi connectivity index (χ0n) is 13.3. The quantitative estimate of drug-likeness (QED) is 0.860. The number of H-pyrrole nitrogens is 1. The van der Waals surface area contributed by atoms with Crippen LogP contribution in [0.1, 0.15) is 15.9 Å². The molecule has 0 unspecified atom stereocenters.